The van der Waals surface area contributed by atoms with Crippen molar-refractivity contribution < 1.29 is 21.6 Å². The van der Waals surface area contributed by atoms with E-state index in [4.69, 9.17) is 4.74 Å². The Morgan fingerprint density at radius 2 is 1.63 bits per heavy atom. The van der Waals surface area contributed by atoms with Gasteiger partial charge in [-0.3, -0.25) is 4.72 Å². The van der Waals surface area contributed by atoms with Crippen molar-refractivity contribution in [2.24, 2.45) is 0 Å². The molecule has 1 aliphatic heterocycles. The van der Waals surface area contributed by atoms with Crippen LogP contribution in [0.4, 0.5) is 5.69 Å². The van der Waals surface area contributed by atoms with Gasteiger partial charge in [-0.1, -0.05) is 12.5 Å². The average Bonchev–Trinajstić information content (AvgIpc) is 2.71. The van der Waals surface area contributed by atoms with E-state index < -0.39 is 20.0 Å². The number of benzene rings is 2. The highest BCUT2D eigenvalue weighted by atomic mass is 32.2. The zero-order chi connectivity index (χ0) is 21.9. The number of sulfonamides is 2. The van der Waals surface area contributed by atoms with Crippen molar-refractivity contribution in [3.05, 3.63) is 47.5 Å². The molecule has 0 unspecified atom stereocenters. The smallest absolute Gasteiger partial charge is 0.261 e. The van der Waals surface area contributed by atoms with E-state index >= 15 is 0 Å². The molecule has 9 heteroatoms. The number of nitrogens with zero attached hydrogens (tertiary/aromatic N) is 1. The second-order valence-corrected chi connectivity index (χ2v) is 11.0. The van der Waals surface area contributed by atoms with Gasteiger partial charge in [0.25, 0.3) is 10.0 Å². The Kier molecular flexibility index (Phi) is 6.74. The third kappa shape index (κ3) is 4.79. The van der Waals surface area contributed by atoms with E-state index in [2.05, 4.69) is 4.72 Å². The van der Waals surface area contributed by atoms with E-state index in [1.54, 1.807) is 19.1 Å². The summed E-state index contributed by atoms with van der Waals surface area (Å²) >= 11 is 0. The van der Waals surface area contributed by atoms with Gasteiger partial charge in [-0.2, -0.15) is 4.31 Å². The van der Waals surface area contributed by atoms with Crippen LogP contribution in [0, 0.1) is 13.8 Å². The van der Waals surface area contributed by atoms with Gasteiger partial charge in [0, 0.05) is 13.1 Å². The minimum absolute atomic E-state index is 0.0217. The lowest BCUT2D eigenvalue weighted by Gasteiger charge is -2.27. The molecule has 0 aromatic heterocycles. The molecule has 3 rings (SSSR count). The Morgan fingerprint density at radius 1 is 0.933 bits per heavy atom. The van der Waals surface area contributed by atoms with Gasteiger partial charge in [0.1, 0.15) is 10.6 Å². The van der Waals surface area contributed by atoms with Gasteiger partial charge in [0.05, 0.1) is 17.2 Å². The summed E-state index contributed by atoms with van der Waals surface area (Å²) in [5.74, 6) is 0.220. The van der Waals surface area contributed by atoms with Gasteiger partial charge in [-0.15, -0.1) is 0 Å². The van der Waals surface area contributed by atoms with Crippen LogP contribution < -0.4 is 9.46 Å². The molecule has 0 spiro atoms. The van der Waals surface area contributed by atoms with Crippen LogP contribution in [0.25, 0.3) is 0 Å². The molecule has 7 nitrogen and oxygen atoms in total. The molecule has 0 aliphatic carbocycles. The van der Waals surface area contributed by atoms with Gasteiger partial charge in [0.15, 0.2) is 0 Å². The van der Waals surface area contributed by atoms with E-state index in [9.17, 15) is 16.8 Å². The van der Waals surface area contributed by atoms with Crippen LogP contribution in [-0.2, 0) is 20.0 Å². The lowest BCUT2D eigenvalue weighted by atomic mass is 10.1. The second-order valence-electron chi connectivity index (χ2n) is 7.41. The number of piperidine rings is 1. The number of rotatable bonds is 7. The molecular weight excluding hydrogens is 424 g/mol. The lowest BCUT2D eigenvalue weighted by Crippen LogP contribution is -2.35. The maximum atomic E-state index is 13.2. The van der Waals surface area contributed by atoms with Crippen LogP contribution in [0.5, 0.6) is 5.75 Å². The van der Waals surface area contributed by atoms with Crippen molar-refractivity contribution in [2.75, 3.05) is 24.4 Å². The van der Waals surface area contributed by atoms with Crippen LogP contribution in [0.3, 0.4) is 0 Å². The SMILES string of the molecule is CCOc1ccc(NS(=O)(=O)c2ccc(C)c(C)c2)cc1S(=O)(=O)N1CCCCC1. The molecule has 30 heavy (non-hydrogen) atoms. The molecule has 1 aliphatic rings. The van der Waals surface area contributed by atoms with Crippen LogP contribution in [0.1, 0.15) is 37.3 Å². The predicted octanol–water partition coefficient (Wildman–Crippen LogP) is 3.68. The Balaban J connectivity index is 1.98. The summed E-state index contributed by atoms with van der Waals surface area (Å²) in [4.78, 5) is 0.103. The molecule has 164 valence electrons. The number of ether oxygens (including phenoxy) is 1. The Hall–Kier alpha value is -2.10. The maximum Gasteiger partial charge on any atom is 0.261 e. The standard InChI is InChI=1S/C21H28N2O5S2/c1-4-28-20-11-9-18(15-21(20)30(26,27)23-12-6-5-7-13-23)22-29(24,25)19-10-8-16(2)17(3)14-19/h8-11,14-15,22H,4-7,12-13H2,1-3H3. The molecule has 1 heterocycles. The number of hydrogen-bond donors (Lipinski definition) is 1. The molecule has 0 bridgehead atoms. The van der Waals surface area contributed by atoms with E-state index in [0.717, 1.165) is 30.4 Å². The number of anilines is 1. The van der Waals surface area contributed by atoms with Crippen LogP contribution in [0.2, 0.25) is 0 Å². The summed E-state index contributed by atoms with van der Waals surface area (Å²) in [6.07, 6.45) is 2.62. The van der Waals surface area contributed by atoms with Crippen molar-refractivity contribution >= 4 is 25.7 Å². The molecular formula is C21H28N2O5S2. The fraction of sp³-hybridized carbons (Fsp3) is 0.429. The van der Waals surface area contributed by atoms with Gasteiger partial charge in [-0.25, -0.2) is 16.8 Å². The topological polar surface area (TPSA) is 92.8 Å². The summed E-state index contributed by atoms with van der Waals surface area (Å²) in [6, 6.07) is 9.22. The molecule has 1 N–H and O–H groups in total. The molecule has 0 radical (unpaired) electrons. The van der Waals surface area contributed by atoms with E-state index in [1.807, 2.05) is 13.8 Å². The molecule has 2 aromatic carbocycles. The van der Waals surface area contributed by atoms with E-state index in [1.165, 1.54) is 28.6 Å². The van der Waals surface area contributed by atoms with E-state index in [0.29, 0.717) is 19.7 Å². The van der Waals surface area contributed by atoms with Crippen molar-refractivity contribution in [3.8, 4) is 5.75 Å². The Labute approximate surface area is 179 Å². The fourth-order valence-corrected chi connectivity index (χ4v) is 6.20. The molecule has 0 amide bonds. The number of hydrogen-bond acceptors (Lipinski definition) is 5. The van der Waals surface area contributed by atoms with Crippen molar-refractivity contribution in [1.29, 1.82) is 0 Å². The zero-order valence-corrected chi connectivity index (χ0v) is 19.1. The largest absolute Gasteiger partial charge is 0.492 e. The van der Waals surface area contributed by atoms with Gasteiger partial charge < -0.3 is 4.74 Å². The Morgan fingerprint density at radius 3 is 2.27 bits per heavy atom. The monoisotopic (exact) mass is 452 g/mol. The third-order valence-corrected chi connectivity index (χ3v) is 8.52. The van der Waals surface area contributed by atoms with Crippen LogP contribution in [-0.4, -0.2) is 40.8 Å². The molecule has 1 fully saturated rings. The minimum atomic E-state index is -3.86. The molecule has 0 atom stereocenters. The zero-order valence-electron chi connectivity index (χ0n) is 17.5. The van der Waals surface area contributed by atoms with E-state index in [-0.39, 0.29) is 21.2 Å². The third-order valence-electron chi connectivity index (χ3n) is 5.22. The van der Waals surface area contributed by atoms with Gasteiger partial charge in [0.2, 0.25) is 10.0 Å². The van der Waals surface area contributed by atoms with Gasteiger partial charge >= 0.3 is 0 Å². The first-order valence-electron chi connectivity index (χ1n) is 10.0. The highest BCUT2D eigenvalue weighted by Gasteiger charge is 2.30. The molecule has 1 saturated heterocycles. The predicted molar refractivity (Wildman–Crippen MR) is 117 cm³/mol. The quantitative estimate of drug-likeness (QED) is 0.692. The highest BCUT2D eigenvalue weighted by Crippen LogP contribution is 2.32. The second kappa shape index (κ2) is 8.95. The van der Waals surface area contributed by atoms with Crippen molar-refractivity contribution in [1.82, 2.24) is 4.31 Å². The summed E-state index contributed by atoms with van der Waals surface area (Å²) in [7, 11) is -7.66. The minimum Gasteiger partial charge on any atom is -0.492 e. The Bertz CT molecular complexity index is 1120. The summed E-state index contributed by atoms with van der Waals surface area (Å²) < 4.78 is 61.6. The van der Waals surface area contributed by atoms with Crippen molar-refractivity contribution in [2.45, 2.75) is 49.8 Å². The van der Waals surface area contributed by atoms with Gasteiger partial charge in [-0.05, 0) is 75.1 Å². The average molecular weight is 453 g/mol. The number of nitrogens with one attached hydrogen (secondary N) is 1. The molecule has 0 saturated carbocycles. The number of aryl methyl sites for hydroxylation is 2. The first kappa shape index (κ1) is 22.6. The fourth-order valence-electron chi connectivity index (χ4n) is 3.39. The summed E-state index contributed by atoms with van der Waals surface area (Å²) in [5.41, 5.74) is 2.02. The first-order valence-corrected chi connectivity index (χ1v) is 12.9. The summed E-state index contributed by atoms with van der Waals surface area (Å²) in [6.45, 7) is 6.72. The molecule has 2 aromatic rings. The lowest BCUT2D eigenvalue weighted by molar-refractivity contribution is 0.323. The summed E-state index contributed by atoms with van der Waals surface area (Å²) in [5, 5.41) is 0. The first-order chi connectivity index (χ1) is 14.1. The normalized spacial score (nSPS) is 15.7. The van der Waals surface area contributed by atoms with Crippen LogP contribution in [0.15, 0.2) is 46.2 Å². The maximum absolute atomic E-state index is 13.2. The van der Waals surface area contributed by atoms with Crippen LogP contribution >= 0.6 is 0 Å². The highest BCUT2D eigenvalue weighted by molar-refractivity contribution is 7.92. The van der Waals surface area contributed by atoms with Crippen molar-refractivity contribution in [3.63, 3.8) is 0 Å².